The van der Waals surface area contributed by atoms with Gasteiger partial charge in [-0.1, -0.05) is 0 Å². The zero-order valence-electron chi connectivity index (χ0n) is 12.9. The summed E-state index contributed by atoms with van der Waals surface area (Å²) in [6, 6.07) is 6.60. The number of rotatable bonds is 2. The van der Waals surface area contributed by atoms with Gasteiger partial charge in [0.15, 0.2) is 0 Å². The highest BCUT2D eigenvalue weighted by Crippen LogP contribution is 2.29. The number of benzene rings is 1. The van der Waals surface area contributed by atoms with Crippen molar-refractivity contribution in [3.8, 4) is 11.3 Å². The molecule has 3 heterocycles. The Morgan fingerprint density at radius 3 is 2.52 bits per heavy atom. The molecule has 2 aromatic rings. The summed E-state index contributed by atoms with van der Waals surface area (Å²) in [6.45, 7) is 3.79. The first kappa shape index (κ1) is 16.1. The summed E-state index contributed by atoms with van der Waals surface area (Å²) in [4.78, 5) is 11.9. The van der Waals surface area contributed by atoms with E-state index in [0.717, 1.165) is 61.1 Å². The third-order valence-electron chi connectivity index (χ3n) is 4.43. The Hall–Kier alpha value is -1.72. The van der Waals surface area contributed by atoms with Crippen molar-refractivity contribution in [3.05, 3.63) is 41.3 Å². The Labute approximate surface area is 141 Å². The fourth-order valence-corrected chi connectivity index (χ4v) is 3.24. The predicted octanol–water partition coefficient (Wildman–Crippen LogP) is 2.95. The lowest BCUT2D eigenvalue weighted by atomic mass is 10.0. The molecule has 0 radical (unpaired) electrons. The molecule has 0 amide bonds. The minimum absolute atomic E-state index is 0. The maximum Gasteiger partial charge on any atom is 0.226 e. The summed E-state index contributed by atoms with van der Waals surface area (Å²) >= 11 is 0. The second-order valence-electron chi connectivity index (χ2n) is 5.93. The van der Waals surface area contributed by atoms with Crippen molar-refractivity contribution in [1.29, 1.82) is 0 Å². The van der Waals surface area contributed by atoms with Crippen LogP contribution in [0.4, 0.5) is 10.3 Å². The standard InChI is InChI=1S/C17H19FN4.ClH/c18-13-5-3-12(4-6-13)16-14-11-19-8-7-15(14)20-17(21-16)22-9-1-2-10-22;/h3-6,19H,1-2,7-11H2;1H. The molecule has 23 heavy (non-hydrogen) atoms. The molecule has 1 N–H and O–H groups in total. The number of hydrogen-bond acceptors (Lipinski definition) is 4. The van der Waals surface area contributed by atoms with Gasteiger partial charge in [-0.2, -0.15) is 0 Å². The number of anilines is 1. The minimum Gasteiger partial charge on any atom is -0.341 e. The summed E-state index contributed by atoms with van der Waals surface area (Å²) in [7, 11) is 0. The van der Waals surface area contributed by atoms with Gasteiger partial charge >= 0.3 is 0 Å². The molecule has 2 aliphatic rings. The Morgan fingerprint density at radius 2 is 1.78 bits per heavy atom. The first-order chi connectivity index (χ1) is 10.8. The van der Waals surface area contributed by atoms with E-state index in [1.165, 1.54) is 25.0 Å². The zero-order chi connectivity index (χ0) is 14.9. The monoisotopic (exact) mass is 334 g/mol. The first-order valence-electron chi connectivity index (χ1n) is 7.93. The lowest BCUT2D eigenvalue weighted by Crippen LogP contribution is -2.28. The van der Waals surface area contributed by atoms with Crippen molar-refractivity contribution in [3.63, 3.8) is 0 Å². The summed E-state index contributed by atoms with van der Waals surface area (Å²) in [5.74, 6) is 0.613. The van der Waals surface area contributed by atoms with Gasteiger partial charge in [0.2, 0.25) is 5.95 Å². The lowest BCUT2D eigenvalue weighted by Gasteiger charge is -2.23. The molecule has 4 nitrogen and oxygen atoms in total. The molecule has 0 unspecified atom stereocenters. The second kappa shape index (κ2) is 6.81. The Bertz CT molecular complexity index is 684. The molecule has 1 aromatic carbocycles. The van der Waals surface area contributed by atoms with Crippen LogP contribution in [0.3, 0.4) is 0 Å². The largest absolute Gasteiger partial charge is 0.341 e. The van der Waals surface area contributed by atoms with E-state index < -0.39 is 0 Å². The second-order valence-corrected chi connectivity index (χ2v) is 5.93. The van der Waals surface area contributed by atoms with Crippen molar-refractivity contribution in [2.75, 3.05) is 24.5 Å². The third-order valence-corrected chi connectivity index (χ3v) is 4.43. The van der Waals surface area contributed by atoms with Crippen LogP contribution < -0.4 is 10.2 Å². The van der Waals surface area contributed by atoms with Gasteiger partial charge in [0, 0.05) is 43.7 Å². The Balaban J connectivity index is 0.00000156. The number of hydrogen-bond donors (Lipinski definition) is 1. The van der Waals surface area contributed by atoms with E-state index in [2.05, 4.69) is 10.2 Å². The maximum atomic E-state index is 13.2. The quantitative estimate of drug-likeness (QED) is 0.916. The highest BCUT2D eigenvalue weighted by Gasteiger charge is 2.22. The summed E-state index contributed by atoms with van der Waals surface area (Å²) in [6.07, 6.45) is 3.33. The Kier molecular flexibility index (Phi) is 4.78. The molecule has 4 rings (SSSR count). The van der Waals surface area contributed by atoms with Crippen LogP contribution in [-0.2, 0) is 13.0 Å². The van der Waals surface area contributed by atoms with Crippen LogP contribution in [0.15, 0.2) is 24.3 Å². The van der Waals surface area contributed by atoms with E-state index in [1.807, 2.05) is 0 Å². The van der Waals surface area contributed by atoms with Gasteiger partial charge in [-0.05, 0) is 37.1 Å². The van der Waals surface area contributed by atoms with Crippen LogP contribution >= 0.6 is 12.4 Å². The molecule has 1 saturated heterocycles. The topological polar surface area (TPSA) is 41.1 Å². The molecule has 0 atom stereocenters. The summed E-state index contributed by atoms with van der Waals surface area (Å²) in [5.41, 5.74) is 4.19. The highest BCUT2D eigenvalue weighted by atomic mass is 35.5. The molecule has 6 heteroatoms. The zero-order valence-corrected chi connectivity index (χ0v) is 13.7. The third kappa shape index (κ3) is 3.16. The molecule has 0 bridgehead atoms. The van der Waals surface area contributed by atoms with Crippen molar-refractivity contribution >= 4 is 18.4 Å². The first-order valence-corrected chi connectivity index (χ1v) is 7.93. The smallest absolute Gasteiger partial charge is 0.226 e. The molecule has 1 aromatic heterocycles. The van der Waals surface area contributed by atoms with E-state index in [9.17, 15) is 4.39 Å². The Morgan fingerprint density at radius 1 is 1.04 bits per heavy atom. The van der Waals surface area contributed by atoms with Crippen LogP contribution in [-0.4, -0.2) is 29.6 Å². The van der Waals surface area contributed by atoms with E-state index in [1.54, 1.807) is 12.1 Å². The molecule has 2 aliphatic heterocycles. The van der Waals surface area contributed by atoms with Crippen LogP contribution in [0.5, 0.6) is 0 Å². The summed E-state index contributed by atoms with van der Waals surface area (Å²) < 4.78 is 13.2. The van der Waals surface area contributed by atoms with Gasteiger partial charge in [0.1, 0.15) is 5.82 Å². The van der Waals surface area contributed by atoms with Crippen molar-refractivity contribution in [2.45, 2.75) is 25.8 Å². The van der Waals surface area contributed by atoms with Crippen molar-refractivity contribution in [1.82, 2.24) is 15.3 Å². The number of nitrogens with zero attached hydrogens (tertiary/aromatic N) is 3. The number of aromatic nitrogens is 2. The van der Waals surface area contributed by atoms with Crippen LogP contribution in [0.2, 0.25) is 0 Å². The number of halogens is 2. The van der Waals surface area contributed by atoms with Gasteiger partial charge in [-0.3, -0.25) is 0 Å². The van der Waals surface area contributed by atoms with Crippen molar-refractivity contribution < 1.29 is 4.39 Å². The SMILES string of the molecule is Cl.Fc1ccc(-c2nc(N3CCCC3)nc3c2CNCC3)cc1. The normalized spacial score (nSPS) is 16.8. The molecule has 122 valence electrons. The molecular formula is C17H20ClFN4. The number of nitrogens with one attached hydrogen (secondary N) is 1. The van der Waals surface area contributed by atoms with E-state index >= 15 is 0 Å². The van der Waals surface area contributed by atoms with Gasteiger partial charge in [-0.25, -0.2) is 14.4 Å². The average Bonchev–Trinajstić information content (AvgIpc) is 3.09. The molecule has 0 aliphatic carbocycles. The van der Waals surface area contributed by atoms with Crippen LogP contribution in [0, 0.1) is 5.82 Å². The minimum atomic E-state index is -0.218. The maximum absolute atomic E-state index is 13.2. The fraction of sp³-hybridized carbons (Fsp3) is 0.412. The van der Waals surface area contributed by atoms with Crippen molar-refractivity contribution in [2.24, 2.45) is 0 Å². The summed E-state index contributed by atoms with van der Waals surface area (Å²) in [5, 5.41) is 3.38. The molecule has 0 spiro atoms. The van der Waals surface area contributed by atoms with Crippen LogP contribution in [0.1, 0.15) is 24.1 Å². The van der Waals surface area contributed by atoms with Gasteiger partial charge in [0.25, 0.3) is 0 Å². The van der Waals surface area contributed by atoms with Crippen LogP contribution in [0.25, 0.3) is 11.3 Å². The fourth-order valence-electron chi connectivity index (χ4n) is 3.24. The highest BCUT2D eigenvalue weighted by molar-refractivity contribution is 5.85. The van der Waals surface area contributed by atoms with Gasteiger partial charge < -0.3 is 10.2 Å². The van der Waals surface area contributed by atoms with E-state index in [4.69, 9.17) is 9.97 Å². The van der Waals surface area contributed by atoms with Gasteiger partial charge in [-0.15, -0.1) is 12.4 Å². The predicted molar refractivity (Wildman–Crippen MR) is 91.5 cm³/mol. The molecule has 1 fully saturated rings. The number of fused-ring (bicyclic) bond motifs is 1. The average molecular weight is 335 g/mol. The van der Waals surface area contributed by atoms with E-state index in [-0.39, 0.29) is 18.2 Å². The lowest BCUT2D eigenvalue weighted by molar-refractivity contribution is 0.624. The molecular weight excluding hydrogens is 315 g/mol. The molecule has 0 saturated carbocycles. The van der Waals surface area contributed by atoms with E-state index in [0.29, 0.717) is 0 Å². The van der Waals surface area contributed by atoms with Gasteiger partial charge in [0.05, 0.1) is 11.4 Å².